The maximum Gasteiger partial charge on any atom is 0.237 e. The summed E-state index contributed by atoms with van der Waals surface area (Å²) in [7, 11) is 0. The molecule has 4 N–H and O–H groups in total. The highest BCUT2D eigenvalue weighted by Crippen LogP contribution is 2.12. The minimum atomic E-state index is -0.631. The molecule has 0 radical (unpaired) electrons. The number of phenolic OH excluding ortho intramolecular Hbond substituents is 1. The highest BCUT2D eigenvalue weighted by Gasteiger charge is 2.13. The van der Waals surface area contributed by atoms with E-state index in [0.717, 1.165) is 11.1 Å². The van der Waals surface area contributed by atoms with E-state index in [1.54, 1.807) is 36.4 Å². The lowest BCUT2D eigenvalue weighted by Gasteiger charge is -2.12. The zero-order valence-electron chi connectivity index (χ0n) is 11.4. The third-order valence-corrected chi connectivity index (χ3v) is 3.32. The first-order valence-corrected chi connectivity index (χ1v) is 6.98. The predicted molar refractivity (Wildman–Crippen MR) is 83.1 cm³/mol. The van der Waals surface area contributed by atoms with Gasteiger partial charge >= 0.3 is 0 Å². The molecule has 0 unspecified atom stereocenters. The number of hydrogen-bond acceptors (Lipinski definition) is 3. The Morgan fingerprint density at radius 3 is 2.57 bits per heavy atom. The number of amides is 1. The molecule has 21 heavy (non-hydrogen) atoms. The van der Waals surface area contributed by atoms with E-state index in [4.69, 9.17) is 17.3 Å². The van der Waals surface area contributed by atoms with Gasteiger partial charge in [-0.15, -0.1) is 0 Å². The van der Waals surface area contributed by atoms with Crippen LogP contribution in [0.3, 0.4) is 0 Å². The second-order valence-corrected chi connectivity index (χ2v) is 5.26. The summed E-state index contributed by atoms with van der Waals surface area (Å²) in [6.45, 7) is 0.392. The van der Waals surface area contributed by atoms with Crippen LogP contribution in [0.2, 0.25) is 5.02 Å². The molecule has 0 aliphatic rings. The van der Waals surface area contributed by atoms with E-state index in [1.807, 2.05) is 12.1 Å². The third-order valence-electron chi connectivity index (χ3n) is 3.08. The van der Waals surface area contributed by atoms with E-state index >= 15 is 0 Å². The molecule has 0 aliphatic carbocycles. The molecular weight excluding hydrogens is 288 g/mol. The molecule has 0 saturated heterocycles. The van der Waals surface area contributed by atoms with Gasteiger partial charge in [0.15, 0.2) is 0 Å². The maximum absolute atomic E-state index is 12.0. The fourth-order valence-corrected chi connectivity index (χ4v) is 2.16. The molecular formula is C16H17ClN2O2. The van der Waals surface area contributed by atoms with Crippen molar-refractivity contribution in [2.45, 2.75) is 19.0 Å². The van der Waals surface area contributed by atoms with Crippen LogP contribution in [0.4, 0.5) is 0 Å². The summed E-state index contributed by atoms with van der Waals surface area (Å²) in [6, 6.07) is 13.3. The van der Waals surface area contributed by atoms with Crippen molar-refractivity contribution in [1.82, 2.24) is 5.32 Å². The highest BCUT2D eigenvalue weighted by atomic mass is 35.5. The monoisotopic (exact) mass is 304 g/mol. The van der Waals surface area contributed by atoms with Crippen molar-refractivity contribution in [3.63, 3.8) is 0 Å². The molecule has 2 rings (SSSR count). The van der Waals surface area contributed by atoms with Gasteiger partial charge in [-0.3, -0.25) is 4.79 Å². The van der Waals surface area contributed by atoms with E-state index in [2.05, 4.69) is 5.32 Å². The number of nitrogens with one attached hydrogen (secondary N) is 1. The first-order chi connectivity index (χ1) is 10.0. The maximum atomic E-state index is 12.0. The second-order valence-electron chi connectivity index (χ2n) is 4.82. The van der Waals surface area contributed by atoms with Crippen molar-refractivity contribution in [2.24, 2.45) is 5.73 Å². The van der Waals surface area contributed by atoms with Gasteiger partial charge in [-0.25, -0.2) is 0 Å². The zero-order chi connectivity index (χ0) is 15.2. The van der Waals surface area contributed by atoms with E-state index in [0.29, 0.717) is 18.0 Å². The molecule has 2 aromatic rings. The van der Waals surface area contributed by atoms with Crippen LogP contribution in [-0.2, 0) is 17.8 Å². The number of carbonyl (C=O) groups excluding carboxylic acids is 1. The molecule has 1 amide bonds. The van der Waals surface area contributed by atoms with Crippen molar-refractivity contribution < 1.29 is 9.90 Å². The smallest absolute Gasteiger partial charge is 0.237 e. The van der Waals surface area contributed by atoms with Gasteiger partial charge < -0.3 is 16.2 Å². The minimum Gasteiger partial charge on any atom is -0.508 e. The van der Waals surface area contributed by atoms with Gasteiger partial charge in [0, 0.05) is 11.6 Å². The predicted octanol–water partition coefficient (Wildman–Crippen LogP) is 2.23. The molecule has 0 aliphatic heterocycles. The lowest BCUT2D eigenvalue weighted by atomic mass is 10.1. The topological polar surface area (TPSA) is 75.3 Å². The molecule has 110 valence electrons. The van der Waals surface area contributed by atoms with Crippen LogP contribution in [0.5, 0.6) is 5.75 Å². The Kier molecular flexibility index (Phi) is 5.20. The quantitative estimate of drug-likeness (QED) is 0.793. The van der Waals surface area contributed by atoms with Crippen LogP contribution in [0.1, 0.15) is 11.1 Å². The van der Waals surface area contributed by atoms with Crippen LogP contribution in [-0.4, -0.2) is 17.1 Å². The summed E-state index contributed by atoms with van der Waals surface area (Å²) in [5, 5.41) is 12.6. The molecule has 0 aromatic heterocycles. The standard InChI is InChI=1S/C16H17ClN2O2/c17-13-3-1-2-12(8-13)10-19-16(21)15(18)9-11-4-6-14(20)7-5-11/h1-8,15,20H,9-10,18H2,(H,19,21)/t15-/m1/s1. The second kappa shape index (κ2) is 7.11. The molecule has 0 spiro atoms. The van der Waals surface area contributed by atoms with E-state index in [1.165, 1.54) is 0 Å². The molecule has 5 heteroatoms. The number of halogens is 1. The van der Waals surface area contributed by atoms with Crippen LogP contribution >= 0.6 is 11.6 Å². The lowest BCUT2D eigenvalue weighted by Crippen LogP contribution is -2.41. The van der Waals surface area contributed by atoms with Crippen LogP contribution < -0.4 is 11.1 Å². The van der Waals surface area contributed by atoms with Gasteiger partial charge in [0.1, 0.15) is 5.75 Å². The zero-order valence-corrected chi connectivity index (χ0v) is 12.2. The summed E-state index contributed by atoms with van der Waals surface area (Å²) < 4.78 is 0. The normalized spacial score (nSPS) is 11.9. The van der Waals surface area contributed by atoms with Gasteiger partial charge in [-0.1, -0.05) is 35.9 Å². The van der Waals surface area contributed by atoms with Crippen molar-refractivity contribution in [1.29, 1.82) is 0 Å². The number of rotatable bonds is 5. The van der Waals surface area contributed by atoms with Gasteiger partial charge in [0.05, 0.1) is 6.04 Å². The minimum absolute atomic E-state index is 0.192. The molecule has 0 fully saturated rings. The van der Waals surface area contributed by atoms with Gasteiger partial charge in [-0.05, 0) is 41.8 Å². The summed E-state index contributed by atoms with van der Waals surface area (Å²) in [4.78, 5) is 12.0. The third kappa shape index (κ3) is 4.77. The average molecular weight is 305 g/mol. The summed E-state index contributed by atoms with van der Waals surface area (Å²) in [5.41, 5.74) is 7.71. The molecule has 0 saturated carbocycles. The lowest BCUT2D eigenvalue weighted by molar-refractivity contribution is -0.122. The fourth-order valence-electron chi connectivity index (χ4n) is 1.95. The summed E-state index contributed by atoms with van der Waals surface area (Å²) in [6.07, 6.45) is 0.418. The Morgan fingerprint density at radius 1 is 1.19 bits per heavy atom. The number of carbonyl (C=O) groups is 1. The molecule has 1 atom stereocenters. The van der Waals surface area contributed by atoms with Crippen molar-refractivity contribution in [2.75, 3.05) is 0 Å². The Morgan fingerprint density at radius 2 is 1.90 bits per heavy atom. The Bertz CT molecular complexity index is 614. The van der Waals surface area contributed by atoms with E-state index in [9.17, 15) is 9.90 Å². The number of hydrogen-bond donors (Lipinski definition) is 3. The Hall–Kier alpha value is -2.04. The van der Waals surface area contributed by atoms with Crippen molar-refractivity contribution in [3.05, 3.63) is 64.7 Å². The first kappa shape index (κ1) is 15.4. The van der Waals surface area contributed by atoms with Crippen LogP contribution in [0, 0.1) is 0 Å². The highest BCUT2D eigenvalue weighted by molar-refractivity contribution is 6.30. The summed E-state index contributed by atoms with van der Waals surface area (Å²) >= 11 is 5.88. The number of aromatic hydroxyl groups is 1. The van der Waals surface area contributed by atoms with Gasteiger partial charge in [0.25, 0.3) is 0 Å². The number of phenols is 1. The molecule has 0 heterocycles. The fraction of sp³-hybridized carbons (Fsp3) is 0.188. The SMILES string of the molecule is N[C@H](Cc1ccc(O)cc1)C(=O)NCc1cccc(Cl)c1. The molecule has 0 bridgehead atoms. The first-order valence-electron chi connectivity index (χ1n) is 6.60. The largest absolute Gasteiger partial charge is 0.508 e. The Balaban J connectivity index is 1.86. The summed E-state index contributed by atoms with van der Waals surface area (Å²) in [5.74, 6) is -0.0271. The van der Waals surface area contributed by atoms with Crippen LogP contribution in [0.25, 0.3) is 0 Å². The van der Waals surface area contributed by atoms with E-state index in [-0.39, 0.29) is 11.7 Å². The Labute approximate surface area is 128 Å². The molecule has 2 aromatic carbocycles. The van der Waals surface area contributed by atoms with Crippen LogP contribution in [0.15, 0.2) is 48.5 Å². The average Bonchev–Trinajstić information content (AvgIpc) is 2.47. The van der Waals surface area contributed by atoms with Gasteiger partial charge in [-0.2, -0.15) is 0 Å². The number of nitrogens with two attached hydrogens (primary N) is 1. The van der Waals surface area contributed by atoms with Gasteiger partial charge in [0.2, 0.25) is 5.91 Å². The van der Waals surface area contributed by atoms with Crippen molar-refractivity contribution in [3.8, 4) is 5.75 Å². The van der Waals surface area contributed by atoms with E-state index < -0.39 is 6.04 Å². The van der Waals surface area contributed by atoms with Crippen molar-refractivity contribution >= 4 is 17.5 Å². The molecule has 4 nitrogen and oxygen atoms in total. The number of benzene rings is 2.